The van der Waals surface area contributed by atoms with Gasteiger partial charge in [0, 0.05) is 25.0 Å². The number of anilines is 1. The molecular formula is C18H18ClFN2. The smallest absolute Gasteiger partial charge is 0.141 e. The monoisotopic (exact) mass is 316 g/mol. The molecule has 1 aliphatic heterocycles. The molecule has 2 aromatic carbocycles. The van der Waals surface area contributed by atoms with Crippen molar-refractivity contribution in [2.45, 2.75) is 19.3 Å². The highest BCUT2D eigenvalue weighted by Crippen LogP contribution is 2.22. The van der Waals surface area contributed by atoms with Crippen LogP contribution in [0.5, 0.6) is 0 Å². The van der Waals surface area contributed by atoms with E-state index in [0.717, 1.165) is 18.7 Å². The van der Waals surface area contributed by atoms with Gasteiger partial charge in [0.05, 0.1) is 10.7 Å². The Balaban J connectivity index is 1.69. The minimum Gasteiger partial charge on any atom is -0.372 e. The average molecular weight is 317 g/mol. The van der Waals surface area contributed by atoms with Crippen molar-refractivity contribution in [3.63, 3.8) is 0 Å². The van der Waals surface area contributed by atoms with E-state index in [2.05, 4.69) is 34.2 Å². The summed E-state index contributed by atoms with van der Waals surface area (Å²) in [5.74, 6) is -0.425. The zero-order chi connectivity index (χ0) is 15.4. The maximum atomic E-state index is 13.1. The summed E-state index contributed by atoms with van der Waals surface area (Å²) >= 11 is 5.75. The molecule has 3 rings (SSSR count). The first-order valence-corrected chi connectivity index (χ1v) is 7.94. The Morgan fingerprint density at radius 3 is 2.41 bits per heavy atom. The zero-order valence-electron chi connectivity index (χ0n) is 12.3. The van der Waals surface area contributed by atoms with E-state index in [0.29, 0.717) is 5.69 Å². The lowest BCUT2D eigenvalue weighted by Gasteiger charge is -2.28. The third kappa shape index (κ3) is 3.66. The molecule has 114 valence electrons. The van der Waals surface area contributed by atoms with Gasteiger partial charge in [-0.25, -0.2) is 4.39 Å². The number of aliphatic imine (C=N–C) groups is 1. The molecule has 4 heteroatoms. The highest BCUT2D eigenvalue weighted by atomic mass is 35.5. The fourth-order valence-electron chi connectivity index (χ4n) is 2.64. The molecule has 0 bridgehead atoms. The molecular weight excluding hydrogens is 299 g/mol. The van der Waals surface area contributed by atoms with Gasteiger partial charge in [-0.15, -0.1) is 0 Å². The molecule has 1 aliphatic rings. The van der Waals surface area contributed by atoms with Crippen molar-refractivity contribution in [3.8, 4) is 0 Å². The maximum absolute atomic E-state index is 13.1. The van der Waals surface area contributed by atoms with E-state index in [-0.39, 0.29) is 5.02 Å². The number of hydrogen-bond acceptors (Lipinski definition) is 2. The Bertz CT molecular complexity index is 661. The van der Waals surface area contributed by atoms with Crippen LogP contribution < -0.4 is 4.90 Å². The van der Waals surface area contributed by atoms with E-state index in [1.165, 1.54) is 37.1 Å². The SMILES string of the molecule is Fc1ccc(N=Cc2ccc(N3CCCCC3)cc2)cc1Cl. The fourth-order valence-corrected chi connectivity index (χ4v) is 2.81. The normalized spacial score (nSPS) is 15.5. The van der Waals surface area contributed by atoms with Gasteiger partial charge in [0.1, 0.15) is 5.82 Å². The predicted molar refractivity (Wildman–Crippen MR) is 91.2 cm³/mol. The summed E-state index contributed by atoms with van der Waals surface area (Å²) in [7, 11) is 0. The van der Waals surface area contributed by atoms with Crippen molar-refractivity contribution in [2.24, 2.45) is 4.99 Å². The Hall–Kier alpha value is -1.87. The number of nitrogens with zero attached hydrogens (tertiary/aromatic N) is 2. The van der Waals surface area contributed by atoms with Gasteiger partial charge in [0.25, 0.3) is 0 Å². The van der Waals surface area contributed by atoms with Gasteiger partial charge in [0.2, 0.25) is 0 Å². The van der Waals surface area contributed by atoms with Crippen LogP contribution in [0.25, 0.3) is 0 Å². The van der Waals surface area contributed by atoms with Gasteiger partial charge >= 0.3 is 0 Å². The number of rotatable bonds is 3. The third-order valence-corrected chi connectivity index (χ3v) is 4.17. The first kappa shape index (κ1) is 15.0. The van der Waals surface area contributed by atoms with Gasteiger partial charge in [-0.3, -0.25) is 4.99 Å². The topological polar surface area (TPSA) is 15.6 Å². The molecule has 0 radical (unpaired) electrons. The molecule has 0 amide bonds. The molecule has 1 fully saturated rings. The van der Waals surface area contributed by atoms with Crippen molar-refractivity contribution in [1.82, 2.24) is 0 Å². The summed E-state index contributed by atoms with van der Waals surface area (Å²) < 4.78 is 13.1. The van der Waals surface area contributed by atoms with Gasteiger partial charge < -0.3 is 4.90 Å². The molecule has 0 saturated carbocycles. The highest BCUT2D eigenvalue weighted by Gasteiger charge is 2.10. The van der Waals surface area contributed by atoms with E-state index in [1.54, 1.807) is 12.3 Å². The standard InChI is InChI=1S/C18H18ClFN2/c19-17-12-15(6-9-18(17)20)21-13-14-4-7-16(8-5-14)22-10-2-1-3-11-22/h4-9,12-13H,1-3,10-11H2. The van der Waals surface area contributed by atoms with Crippen LogP contribution in [0.3, 0.4) is 0 Å². The average Bonchev–Trinajstić information content (AvgIpc) is 2.57. The van der Waals surface area contributed by atoms with Crippen LogP contribution in [0.1, 0.15) is 24.8 Å². The lowest BCUT2D eigenvalue weighted by atomic mass is 10.1. The fraction of sp³-hybridized carbons (Fsp3) is 0.278. The Morgan fingerprint density at radius 1 is 1.00 bits per heavy atom. The first-order chi connectivity index (χ1) is 10.7. The second-order valence-corrected chi connectivity index (χ2v) is 5.90. The molecule has 0 atom stereocenters. The molecule has 0 N–H and O–H groups in total. The first-order valence-electron chi connectivity index (χ1n) is 7.56. The third-order valence-electron chi connectivity index (χ3n) is 3.88. The highest BCUT2D eigenvalue weighted by molar-refractivity contribution is 6.31. The molecule has 0 aliphatic carbocycles. The summed E-state index contributed by atoms with van der Waals surface area (Å²) in [5.41, 5.74) is 2.93. The molecule has 0 aromatic heterocycles. The summed E-state index contributed by atoms with van der Waals surface area (Å²) in [6, 6.07) is 12.8. The van der Waals surface area contributed by atoms with E-state index in [1.807, 2.05) is 0 Å². The zero-order valence-corrected chi connectivity index (χ0v) is 13.1. The number of piperidine rings is 1. The number of benzene rings is 2. The van der Waals surface area contributed by atoms with Crippen LogP contribution in [0.4, 0.5) is 15.8 Å². The minimum atomic E-state index is -0.425. The second-order valence-electron chi connectivity index (χ2n) is 5.50. The van der Waals surface area contributed by atoms with Crippen molar-refractivity contribution < 1.29 is 4.39 Å². The molecule has 1 saturated heterocycles. The van der Waals surface area contributed by atoms with Gasteiger partial charge in [-0.1, -0.05) is 23.7 Å². The van der Waals surface area contributed by atoms with Crippen molar-refractivity contribution in [3.05, 3.63) is 58.9 Å². The summed E-state index contributed by atoms with van der Waals surface area (Å²) in [6.07, 6.45) is 5.65. The molecule has 0 spiro atoms. The Kier molecular flexibility index (Phi) is 4.74. The Morgan fingerprint density at radius 2 is 1.73 bits per heavy atom. The number of halogens is 2. The predicted octanol–water partition coefficient (Wildman–Crippen LogP) is 5.22. The van der Waals surface area contributed by atoms with Gasteiger partial charge in [-0.2, -0.15) is 0 Å². The summed E-state index contributed by atoms with van der Waals surface area (Å²) in [5, 5.41) is 0.0927. The Labute approximate surface area is 135 Å². The lowest BCUT2D eigenvalue weighted by molar-refractivity contribution is 0.578. The van der Waals surface area contributed by atoms with Crippen LogP contribution in [0, 0.1) is 5.82 Å². The van der Waals surface area contributed by atoms with Crippen LogP contribution in [-0.4, -0.2) is 19.3 Å². The van der Waals surface area contributed by atoms with Crippen LogP contribution >= 0.6 is 11.6 Å². The quantitative estimate of drug-likeness (QED) is 0.709. The minimum absolute atomic E-state index is 0.0927. The van der Waals surface area contributed by atoms with E-state index in [9.17, 15) is 4.39 Å². The lowest BCUT2D eigenvalue weighted by Crippen LogP contribution is -2.29. The summed E-state index contributed by atoms with van der Waals surface area (Å²) in [6.45, 7) is 2.28. The van der Waals surface area contributed by atoms with Gasteiger partial charge in [-0.05, 0) is 55.2 Å². The second kappa shape index (κ2) is 6.93. The van der Waals surface area contributed by atoms with Crippen molar-refractivity contribution in [2.75, 3.05) is 18.0 Å². The molecule has 2 aromatic rings. The van der Waals surface area contributed by atoms with Crippen LogP contribution in [-0.2, 0) is 0 Å². The van der Waals surface area contributed by atoms with Gasteiger partial charge in [0.15, 0.2) is 0 Å². The van der Waals surface area contributed by atoms with Crippen LogP contribution in [0.15, 0.2) is 47.5 Å². The molecule has 22 heavy (non-hydrogen) atoms. The number of hydrogen-bond donors (Lipinski definition) is 0. The van der Waals surface area contributed by atoms with Crippen molar-refractivity contribution >= 4 is 29.2 Å². The molecule has 2 nitrogen and oxygen atoms in total. The maximum Gasteiger partial charge on any atom is 0.141 e. The largest absolute Gasteiger partial charge is 0.372 e. The summed E-state index contributed by atoms with van der Waals surface area (Å²) in [4.78, 5) is 6.75. The van der Waals surface area contributed by atoms with E-state index in [4.69, 9.17) is 11.6 Å². The van der Waals surface area contributed by atoms with Crippen molar-refractivity contribution in [1.29, 1.82) is 0 Å². The molecule has 0 unspecified atom stereocenters. The van der Waals surface area contributed by atoms with Crippen LogP contribution in [0.2, 0.25) is 5.02 Å². The van der Waals surface area contributed by atoms with E-state index < -0.39 is 5.82 Å². The van der Waals surface area contributed by atoms with E-state index >= 15 is 0 Å². The molecule has 1 heterocycles.